The van der Waals surface area contributed by atoms with Crippen molar-refractivity contribution in [2.24, 2.45) is 0 Å². The van der Waals surface area contributed by atoms with Crippen molar-refractivity contribution in [3.05, 3.63) is 72.6 Å². The van der Waals surface area contributed by atoms with Crippen LogP contribution < -0.4 is 14.8 Å². The van der Waals surface area contributed by atoms with Crippen molar-refractivity contribution < 1.29 is 22.3 Å². The number of rotatable bonds is 9. The van der Waals surface area contributed by atoms with Gasteiger partial charge in [-0.25, -0.2) is 12.8 Å². The summed E-state index contributed by atoms with van der Waals surface area (Å²) in [5, 5.41) is 2.65. The van der Waals surface area contributed by atoms with E-state index in [2.05, 4.69) is 16.6 Å². The highest BCUT2D eigenvalue weighted by molar-refractivity contribution is 7.88. The van der Waals surface area contributed by atoms with Gasteiger partial charge in [0.2, 0.25) is 15.9 Å². The number of amides is 1. The second-order valence-electron chi connectivity index (χ2n) is 6.66. The highest BCUT2D eigenvalue weighted by Crippen LogP contribution is 2.18. The number of hydrogen-bond acceptors (Lipinski definition) is 4. The number of ether oxygens (including phenoxy) is 1. The van der Waals surface area contributed by atoms with Crippen LogP contribution in [0.4, 0.5) is 10.1 Å². The summed E-state index contributed by atoms with van der Waals surface area (Å²) < 4.78 is 46.2. The van der Waals surface area contributed by atoms with Crippen molar-refractivity contribution in [3.8, 4) is 5.75 Å². The van der Waals surface area contributed by atoms with Gasteiger partial charge in [-0.3, -0.25) is 4.79 Å². The van der Waals surface area contributed by atoms with E-state index in [4.69, 9.17) is 4.74 Å². The van der Waals surface area contributed by atoms with Crippen molar-refractivity contribution in [2.75, 3.05) is 11.9 Å². The number of benzene rings is 2. The van der Waals surface area contributed by atoms with Gasteiger partial charge in [-0.15, -0.1) is 0 Å². The van der Waals surface area contributed by atoms with E-state index >= 15 is 0 Å². The number of nitrogens with one attached hydrogen (secondary N) is 2. The van der Waals surface area contributed by atoms with Crippen molar-refractivity contribution >= 4 is 21.6 Å². The largest absolute Gasteiger partial charge is 0.490 e. The second kappa shape index (κ2) is 8.99. The van der Waals surface area contributed by atoms with E-state index in [1.165, 1.54) is 32.0 Å². The summed E-state index contributed by atoms with van der Waals surface area (Å²) in [6.45, 7) is 6.79. The first-order chi connectivity index (χ1) is 13.1. The Kier molecular flexibility index (Phi) is 6.93. The first-order valence-corrected chi connectivity index (χ1v) is 10.2. The Labute approximate surface area is 164 Å². The SMILES string of the molecule is C=CCOc1ccc(NC(=O)C(C)(C)NS(=O)(=O)Cc2ccccc2F)cc1. The Balaban J connectivity index is 2.03. The zero-order valence-corrected chi connectivity index (χ0v) is 16.6. The average molecular weight is 406 g/mol. The summed E-state index contributed by atoms with van der Waals surface area (Å²) in [5.74, 6) is -1.12. The van der Waals surface area contributed by atoms with Crippen LogP contribution in [0, 0.1) is 5.82 Å². The molecular weight excluding hydrogens is 383 g/mol. The number of anilines is 1. The maximum atomic E-state index is 13.7. The number of sulfonamides is 1. The molecule has 0 aliphatic rings. The summed E-state index contributed by atoms with van der Waals surface area (Å²) in [6.07, 6.45) is 1.62. The molecule has 150 valence electrons. The van der Waals surface area contributed by atoms with E-state index in [0.29, 0.717) is 18.0 Å². The predicted molar refractivity (Wildman–Crippen MR) is 107 cm³/mol. The molecule has 2 aromatic rings. The zero-order valence-electron chi connectivity index (χ0n) is 15.7. The van der Waals surface area contributed by atoms with E-state index in [1.807, 2.05) is 0 Å². The third kappa shape index (κ3) is 6.17. The minimum atomic E-state index is -3.95. The maximum absolute atomic E-state index is 13.7. The number of halogens is 1. The molecule has 28 heavy (non-hydrogen) atoms. The van der Waals surface area contributed by atoms with Crippen LogP contribution in [0.1, 0.15) is 19.4 Å². The smallest absolute Gasteiger partial charge is 0.245 e. The monoisotopic (exact) mass is 406 g/mol. The van der Waals surface area contributed by atoms with Gasteiger partial charge in [-0.05, 0) is 44.2 Å². The van der Waals surface area contributed by atoms with Crippen LogP contribution in [0.15, 0.2) is 61.2 Å². The zero-order chi connectivity index (χ0) is 20.8. The Morgan fingerprint density at radius 2 is 1.82 bits per heavy atom. The van der Waals surface area contributed by atoms with Gasteiger partial charge >= 0.3 is 0 Å². The van der Waals surface area contributed by atoms with E-state index in [0.717, 1.165) is 0 Å². The molecule has 0 radical (unpaired) electrons. The van der Waals surface area contributed by atoms with Gasteiger partial charge in [0.25, 0.3) is 0 Å². The van der Waals surface area contributed by atoms with Crippen LogP contribution in [-0.4, -0.2) is 26.5 Å². The molecule has 0 saturated carbocycles. The summed E-state index contributed by atoms with van der Waals surface area (Å²) in [6, 6.07) is 12.2. The van der Waals surface area contributed by atoms with Gasteiger partial charge in [-0.1, -0.05) is 30.9 Å². The molecule has 1 amide bonds. The van der Waals surface area contributed by atoms with Crippen molar-refractivity contribution in [3.63, 3.8) is 0 Å². The molecule has 0 saturated heterocycles. The van der Waals surface area contributed by atoms with E-state index in [9.17, 15) is 17.6 Å². The Morgan fingerprint density at radius 3 is 2.43 bits per heavy atom. The standard InChI is InChI=1S/C20H23FN2O4S/c1-4-13-27-17-11-9-16(10-12-17)22-19(24)20(2,3)23-28(25,26)14-15-7-5-6-8-18(15)21/h4-12,23H,1,13-14H2,2-3H3,(H,22,24). The average Bonchev–Trinajstić information content (AvgIpc) is 2.62. The molecular formula is C20H23FN2O4S. The first kappa shape index (κ1) is 21.6. The van der Waals surface area contributed by atoms with Gasteiger partial charge in [0.05, 0.1) is 5.75 Å². The molecule has 2 aromatic carbocycles. The lowest BCUT2D eigenvalue weighted by Gasteiger charge is -2.25. The lowest BCUT2D eigenvalue weighted by Crippen LogP contribution is -2.52. The molecule has 0 bridgehead atoms. The molecule has 2 N–H and O–H groups in total. The highest BCUT2D eigenvalue weighted by atomic mass is 32.2. The molecule has 0 heterocycles. The number of carbonyl (C=O) groups is 1. The molecule has 0 aliphatic heterocycles. The van der Waals surface area contributed by atoms with Crippen molar-refractivity contribution in [1.82, 2.24) is 4.72 Å². The van der Waals surface area contributed by atoms with Gasteiger partial charge in [0.1, 0.15) is 23.7 Å². The fourth-order valence-corrected chi connectivity index (χ4v) is 3.95. The van der Waals surface area contributed by atoms with Crippen LogP contribution in [0.3, 0.4) is 0 Å². The molecule has 2 rings (SSSR count). The second-order valence-corrected chi connectivity index (χ2v) is 8.38. The van der Waals surface area contributed by atoms with Crippen LogP contribution in [0.2, 0.25) is 0 Å². The van der Waals surface area contributed by atoms with Gasteiger partial charge < -0.3 is 10.1 Å². The Morgan fingerprint density at radius 1 is 1.18 bits per heavy atom. The van der Waals surface area contributed by atoms with Crippen LogP contribution in [-0.2, 0) is 20.6 Å². The number of hydrogen-bond donors (Lipinski definition) is 2. The third-order valence-electron chi connectivity index (χ3n) is 3.76. The lowest BCUT2D eigenvalue weighted by atomic mass is 10.1. The van der Waals surface area contributed by atoms with E-state index in [1.54, 1.807) is 36.4 Å². The summed E-state index contributed by atoms with van der Waals surface area (Å²) in [7, 11) is -3.95. The quantitative estimate of drug-likeness (QED) is 0.626. The Bertz CT molecular complexity index is 941. The molecule has 8 heteroatoms. The molecule has 0 aliphatic carbocycles. The van der Waals surface area contributed by atoms with Gasteiger partial charge in [0.15, 0.2) is 0 Å². The molecule has 6 nitrogen and oxygen atoms in total. The fraction of sp³-hybridized carbons (Fsp3) is 0.250. The van der Waals surface area contributed by atoms with Gasteiger partial charge in [-0.2, -0.15) is 4.72 Å². The van der Waals surface area contributed by atoms with Crippen molar-refractivity contribution in [2.45, 2.75) is 25.1 Å². The normalized spacial score (nSPS) is 11.7. The molecule has 0 aromatic heterocycles. The van der Waals surface area contributed by atoms with Crippen LogP contribution in [0.25, 0.3) is 0 Å². The molecule has 0 atom stereocenters. The summed E-state index contributed by atoms with van der Waals surface area (Å²) in [4.78, 5) is 12.5. The topological polar surface area (TPSA) is 84.5 Å². The highest BCUT2D eigenvalue weighted by Gasteiger charge is 2.33. The predicted octanol–water partition coefficient (Wildman–Crippen LogP) is 3.23. The van der Waals surface area contributed by atoms with Gasteiger partial charge in [0, 0.05) is 11.3 Å². The van der Waals surface area contributed by atoms with E-state index < -0.39 is 33.0 Å². The maximum Gasteiger partial charge on any atom is 0.245 e. The summed E-state index contributed by atoms with van der Waals surface area (Å²) >= 11 is 0. The fourth-order valence-electron chi connectivity index (χ4n) is 2.37. The van der Waals surface area contributed by atoms with Crippen molar-refractivity contribution in [1.29, 1.82) is 0 Å². The lowest BCUT2D eigenvalue weighted by molar-refractivity contribution is -0.120. The first-order valence-electron chi connectivity index (χ1n) is 8.53. The third-order valence-corrected chi connectivity index (χ3v) is 5.27. The van der Waals surface area contributed by atoms with Crippen LogP contribution >= 0.6 is 0 Å². The molecule has 0 spiro atoms. The minimum absolute atomic E-state index is 0.0290. The molecule has 0 fully saturated rings. The van der Waals surface area contributed by atoms with Crippen LogP contribution in [0.5, 0.6) is 5.75 Å². The minimum Gasteiger partial charge on any atom is -0.490 e. The van der Waals surface area contributed by atoms with E-state index in [-0.39, 0.29) is 5.56 Å². The summed E-state index contributed by atoms with van der Waals surface area (Å²) in [5.41, 5.74) is -0.930. The molecule has 0 unspecified atom stereocenters. The number of carbonyl (C=O) groups excluding carboxylic acids is 1. The Hall–Kier alpha value is -2.71.